The minimum Gasteiger partial charge on any atom is -0.351 e. The van der Waals surface area contributed by atoms with Crippen LogP contribution in [0.4, 0.5) is 0 Å². The number of para-hydroxylation sites is 1. The van der Waals surface area contributed by atoms with E-state index in [9.17, 15) is 9.59 Å². The van der Waals surface area contributed by atoms with Crippen LogP contribution >= 0.6 is 0 Å². The minimum atomic E-state index is -0.755. The Hall–Kier alpha value is -4.00. The fraction of sp³-hybridized carbons (Fsp3) is 0.310. The number of fused-ring (bicyclic) bond motifs is 1. The number of nitrogens with zero attached hydrogens (tertiary/aromatic N) is 4. The van der Waals surface area contributed by atoms with E-state index in [1.165, 1.54) is 0 Å². The van der Waals surface area contributed by atoms with Gasteiger partial charge in [0.2, 0.25) is 11.8 Å². The lowest BCUT2D eigenvalue weighted by molar-refractivity contribution is -0.142. The van der Waals surface area contributed by atoms with Crippen LogP contribution in [0.2, 0.25) is 0 Å². The van der Waals surface area contributed by atoms with Gasteiger partial charge >= 0.3 is 0 Å². The van der Waals surface area contributed by atoms with Gasteiger partial charge in [0.05, 0.1) is 5.52 Å². The predicted octanol–water partition coefficient (Wildman–Crippen LogP) is 4.57. The van der Waals surface area contributed by atoms with E-state index in [1.807, 2.05) is 85.8 Å². The van der Waals surface area contributed by atoms with Crippen molar-refractivity contribution in [2.75, 3.05) is 0 Å². The third-order valence-electron chi connectivity index (χ3n) is 6.97. The second-order valence-corrected chi connectivity index (χ2v) is 9.49. The standard InChI is InChI=1S/C29H31N5O2/c1-21-11-5-8-16-24(21)28(29(36)30-23-14-6-7-15-23)33(19-22-12-3-2-4-13-22)27(35)20-34-26-18-10-9-17-25(26)31-32-34/h2-5,8-13,16-18,23,28H,6-7,14-15,19-20H2,1H3,(H,30,36). The van der Waals surface area contributed by atoms with Gasteiger partial charge in [-0.25, -0.2) is 4.68 Å². The summed E-state index contributed by atoms with van der Waals surface area (Å²) in [6.45, 7) is 2.29. The van der Waals surface area contributed by atoms with E-state index in [0.717, 1.165) is 53.4 Å². The summed E-state index contributed by atoms with van der Waals surface area (Å²) in [5.41, 5.74) is 4.28. The molecule has 0 aliphatic heterocycles. The normalized spacial score (nSPS) is 14.6. The van der Waals surface area contributed by atoms with E-state index in [4.69, 9.17) is 0 Å². The van der Waals surface area contributed by atoms with Gasteiger partial charge in [0, 0.05) is 12.6 Å². The van der Waals surface area contributed by atoms with E-state index >= 15 is 0 Å². The van der Waals surface area contributed by atoms with Gasteiger partial charge in [-0.1, -0.05) is 84.8 Å². The molecule has 0 spiro atoms. The molecule has 1 N–H and O–H groups in total. The Morgan fingerprint density at radius 2 is 1.67 bits per heavy atom. The molecule has 1 heterocycles. The summed E-state index contributed by atoms with van der Waals surface area (Å²) in [5.74, 6) is -0.326. The summed E-state index contributed by atoms with van der Waals surface area (Å²) >= 11 is 0. The number of benzene rings is 3. The molecule has 0 radical (unpaired) electrons. The Morgan fingerprint density at radius 3 is 2.44 bits per heavy atom. The number of rotatable bonds is 8. The molecule has 184 valence electrons. The first-order valence-corrected chi connectivity index (χ1v) is 12.6. The van der Waals surface area contributed by atoms with Crippen molar-refractivity contribution in [2.45, 2.75) is 57.8 Å². The molecule has 36 heavy (non-hydrogen) atoms. The molecule has 1 atom stereocenters. The Bertz CT molecular complexity index is 1340. The number of nitrogens with one attached hydrogen (secondary N) is 1. The van der Waals surface area contributed by atoms with Crippen molar-refractivity contribution in [3.63, 3.8) is 0 Å². The highest BCUT2D eigenvalue weighted by molar-refractivity contribution is 5.89. The van der Waals surface area contributed by atoms with Gasteiger partial charge in [-0.05, 0) is 48.6 Å². The lowest BCUT2D eigenvalue weighted by atomic mass is 9.97. The molecule has 1 fully saturated rings. The van der Waals surface area contributed by atoms with Crippen molar-refractivity contribution in [1.29, 1.82) is 0 Å². The highest BCUT2D eigenvalue weighted by Gasteiger charge is 2.34. The van der Waals surface area contributed by atoms with Crippen LogP contribution in [-0.4, -0.2) is 37.7 Å². The fourth-order valence-electron chi connectivity index (χ4n) is 5.05. The smallest absolute Gasteiger partial charge is 0.247 e. The minimum absolute atomic E-state index is 0.00750. The molecular formula is C29H31N5O2. The van der Waals surface area contributed by atoms with Crippen molar-refractivity contribution in [3.05, 3.63) is 95.6 Å². The van der Waals surface area contributed by atoms with Crippen LogP contribution in [0.3, 0.4) is 0 Å². The Morgan fingerprint density at radius 1 is 0.972 bits per heavy atom. The van der Waals surface area contributed by atoms with Gasteiger partial charge in [0.15, 0.2) is 0 Å². The van der Waals surface area contributed by atoms with Gasteiger partial charge in [-0.15, -0.1) is 5.10 Å². The van der Waals surface area contributed by atoms with Crippen molar-refractivity contribution in [2.24, 2.45) is 0 Å². The highest BCUT2D eigenvalue weighted by atomic mass is 16.2. The predicted molar refractivity (Wildman–Crippen MR) is 139 cm³/mol. The first-order chi connectivity index (χ1) is 17.6. The van der Waals surface area contributed by atoms with Gasteiger partial charge < -0.3 is 10.2 Å². The third-order valence-corrected chi connectivity index (χ3v) is 6.97. The lowest BCUT2D eigenvalue weighted by Crippen LogP contribution is -2.47. The Balaban J connectivity index is 1.53. The first-order valence-electron chi connectivity index (χ1n) is 12.6. The molecule has 1 aliphatic carbocycles. The van der Waals surface area contributed by atoms with Gasteiger partial charge in [0.1, 0.15) is 18.1 Å². The number of hydrogen-bond acceptors (Lipinski definition) is 4. The molecule has 7 nitrogen and oxygen atoms in total. The molecule has 4 aromatic rings. The number of aromatic nitrogens is 3. The van der Waals surface area contributed by atoms with Gasteiger partial charge in [-0.2, -0.15) is 0 Å². The van der Waals surface area contributed by atoms with Crippen LogP contribution in [-0.2, 0) is 22.7 Å². The second-order valence-electron chi connectivity index (χ2n) is 9.49. The van der Waals surface area contributed by atoms with Crippen LogP contribution in [0.5, 0.6) is 0 Å². The molecule has 2 amide bonds. The second kappa shape index (κ2) is 10.7. The Labute approximate surface area is 211 Å². The molecular weight excluding hydrogens is 450 g/mol. The van der Waals surface area contributed by atoms with Crippen molar-refractivity contribution < 1.29 is 9.59 Å². The van der Waals surface area contributed by atoms with E-state index in [0.29, 0.717) is 6.54 Å². The zero-order chi connectivity index (χ0) is 24.9. The molecule has 5 rings (SSSR count). The number of aryl methyl sites for hydroxylation is 1. The zero-order valence-electron chi connectivity index (χ0n) is 20.5. The van der Waals surface area contributed by atoms with Crippen molar-refractivity contribution in [1.82, 2.24) is 25.2 Å². The zero-order valence-corrected chi connectivity index (χ0v) is 20.5. The van der Waals surface area contributed by atoms with Crippen LogP contribution in [0, 0.1) is 6.92 Å². The molecule has 3 aromatic carbocycles. The van der Waals surface area contributed by atoms with Crippen LogP contribution in [0.25, 0.3) is 11.0 Å². The van der Waals surface area contributed by atoms with E-state index < -0.39 is 6.04 Å². The summed E-state index contributed by atoms with van der Waals surface area (Å²) in [5, 5.41) is 11.7. The molecule has 1 aromatic heterocycles. The average molecular weight is 482 g/mol. The third kappa shape index (κ3) is 5.15. The largest absolute Gasteiger partial charge is 0.351 e. The highest BCUT2D eigenvalue weighted by Crippen LogP contribution is 2.28. The van der Waals surface area contributed by atoms with Crippen molar-refractivity contribution in [3.8, 4) is 0 Å². The molecule has 0 saturated heterocycles. The van der Waals surface area contributed by atoms with E-state index in [-0.39, 0.29) is 24.4 Å². The number of amides is 2. The molecule has 0 bridgehead atoms. The maximum absolute atomic E-state index is 14.0. The maximum atomic E-state index is 14.0. The van der Waals surface area contributed by atoms with Crippen molar-refractivity contribution >= 4 is 22.8 Å². The number of carbonyl (C=O) groups is 2. The SMILES string of the molecule is Cc1ccccc1C(C(=O)NC1CCCC1)N(Cc1ccccc1)C(=O)Cn1nnc2ccccc21. The summed E-state index contributed by atoms with van der Waals surface area (Å²) in [4.78, 5) is 29.5. The maximum Gasteiger partial charge on any atom is 0.247 e. The monoisotopic (exact) mass is 481 g/mol. The summed E-state index contributed by atoms with van der Waals surface area (Å²) in [6.07, 6.45) is 4.19. The van der Waals surface area contributed by atoms with Gasteiger partial charge in [-0.3, -0.25) is 9.59 Å². The molecule has 1 saturated carbocycles. The number of hydrogen-bond donors (Lipinski definition) is 1. The fourth-order valence-corrected chi connectivity index (χ4v) is 5.05. The first kappa shape index (κ1) is 23.7. The lowest BCUT2D eigenvalue weighted by Gasteiger charge is -2.33. The summed E-state index contributed by atoms with van der Waals surface area (Å²) in [6, 6.07) is 24.6. The van der Waals surface area contributed by atoms with Crippen LogP contribution in [0.15, 0.2) is 78.9 Å². The van der Waals surface area contributed by atoms with E-state index in [1.54, 1.807) is 9.58 Å². The summed E-state index contributed by atoms with van der Waals surface area (Å²) in [7, 11) is 0. The van der Waals surface area contributed by atoms with Crippen LogP contribution in [0.1, 0.15) is 48.4 Å². The quantitative estimate of drug-likeness (QED) is 0.400. The average Bonchev–Trinajstić information content (AvgIpc) is 3.55. The van der Waals surface area contributed by atoms with Crippen LogP contribution < -0.4 is 5.32 Å². The summed E-state index contributed by atoms with van der Waals surface area (Å²) < 4.78 is 1.61. The van der Waals surface area contributed by atoms with Gasteiger partial charge in [0.25, 0.3) is 0 Å². The topological polar surface area (TPSA) is 80.1 Å². The van der Waals surface area contributed by atoms with E-state index in [2.05, 4.69) is 15.6 Å². The molecule has 7 heteroatoms. The molecule has 1 unspecified atom stereocenters. The molecule has 1 aliphatic rings. The number of carbonyl (C=O) groups excluding carboxylic acids is 2. The Kier molecular flexibility index (Phi) is 7.07.